The van der Waals surface area contributed by atoms with E-state index in [4.69, 9.17) is 9.47 Å². The topological polar surface area (TPSA) is 84.0 Å². The van der Waals surface area contributed by atoms with Crippen molar-refractivity contribution < 1.29 is 18.7 Å². The van der Waals surface area contributed by atoms with E-state index in [1.165, 1.54) is 12.1 Å². The zero-order valence-corrected chi connectivity index (χ0v) is 19.0. The molecular weight excluding hydrogens is 411 g/mol. The van der Waals surface area contributed by atoms with Crippen LogP contribution in [0.25, 0.3) is 0 Å². The van der Waals surface area contributed by atoms with Crippen molar-refractivity contribution in [2.45, 2.75) is 26.8 Å². The zero-order valence-electron chi connectivity index (χ0n) is 19.0. The Hall–Kier alpha value is -3.13. The van der Waals surface area contributed by atoms with Crippen molar-refractivity contribution in [3.8, 4) is 5.75 Å². The highest BCUT2D eigenvalue weighted by atomic mass is 19.1. The lowest BCUT2D eigenvalue weighted by molar-refractivity contribution is -0.120. The van der Waals surface area contributed by atoms with Gasteiger partial charge in [0, 0.05) is 38.9 Å². The number of nitrogens with one attached hydrogen (secondary N) is 3. The summed E-state index contributed by atoms with van der Waals surface area (Å²) in [7, 11) is 1.69. The molecule has 0 aliphatic carbocycles. The number of rotatable bonds is 12. The number of hydrogen-bond donors (Lipinski definition) is 3. The van der Waals surface area contributed by atoms with Gasteiger partial charge in [0.2, 0.25) is 5.91 Å². The van der Waals surface area contributed by atoms with E-state index < -0.39 is 0 Å². The lowest BCUT2D eigenvalue weighted by atomic mass is 10.1. The molecule has 0 aliphatic rings. The number of nitrogens with zero attached hydrogens (tertiary/aromatic N) is 1. The number of carbonyl (C=O) groups is 1. The predicted molar refractivity (Wildman–Crippen MR) is 124 cm³/mol. The fourth-order valence-electron chi connectivity index (χ4n) is 2.93. The van der Waals surface area contributed by atoms with E-state index in [0.717, 1.165) is 22.4 Å². The van der Waals surface area contributed by atoms with Crippen molar-refractivity contribution in [1.82, 2.24) is 16.0 Å². The number of benzene rings is 2. The summed E-state index contributed by atoms with van der Waals surface area (Å²) in [5.74, 6) is 1.02. The third-order valence-corrected chi connectivity index (χ3v) is 4.60. The van der Waals surface area contributed by atoms with Gasteiger partial charge in [-0.15, -0.1) is 0 Å². The second-order valence-corrected chi connectivity index (χ2v) is 7.16. The van der Waals surface area contributed by atoms with E-state index in [1.807, 2.05) is 32.0 Å². The van der Waals surface area contributed by atoms with Gasteiger partial charge in [-0.3, -0.25) is 9.79 Å². The van der Waals surface area contributed by atoms with Crippen LogP contribution in [0.3, 0.4) is 0 Å². The van der Waals surface area contributed by atoms with Crippen LogP contribution < -0.4 is 20.7 Å². The summed E-state index contributed by atoms with van der Waals surface area (Å²) in [4.78, 5) is 16.2. The molecule has 174 valence electrons. The van der Waals surface area contributed by atoms with E-state index in [1.54, 1.807) is 19.2 Å². The van der Waals surface area contributed by atoms with E-state index >= 15 is 0 Å². The Morgan fingerprint density at radius 2 is 1.78 bits per heavy atom. The fraction of sp³-hybridized carbons (Fsp3) is 0.417. The normalized spacial score (nSPS) is 11.2. The Labute approximate surface area is 189 Å². The molecule has 8 heteroatoms. The largest absolute Gasteiger partial charge is 0.491 e. The van der Waals surface area contributed by atoms with Gasteiger partial charge >= 0.3 is 0 Å². The molecule has 0 heterocycles. The third kappa shape index (κ3) is 9.34. The molecule has 0 bridgehead atoms. The number of carbonyl (C=O) groups excluding carboxylic acids is 1. The minimum atomic E-state index is -0.313. The van der Waals surface area contributed by atoms with Crippen LogP contribution in [0.2, 0.25) is 0 Å². The maximum Gasteiger partial charge on any atom is 0.224 e. The van der Waals surface area contributed by atoms with Crippen LogP contribution in [0, 0.1) is 12.7 Å². The highest BCUT2D eigenvalue weighted by Crippen LogP contribution is 2.20. The van der Waals surface area contributed by atoms with Gasteiger partial charge in [0.1, 0.15) is 18.2 Å². The molecule has 7 nitrogen and oxygen atoms in total. The highest BCUT2D eigenvalue weighted by Gasteiger charge is 2.07. The summed E-state index contributed by atoms with van der Waals surface area (Å²) < 4.78 is 24.1. The standard InChI is InChI=1S/C24H33FN4O3/c1-4-31-13-14-32-22-15-18(2)5-8-20(22)17-29-24(26-3)28-12-11-27-23(30)16-19-6-9-21(25)10-7-19/h5-10,15H,4,11-14,16-17H2,1-3H3,(H,27,30)(H2,26,28,29). The van der Waals surface area contributed by atoms with Crippen LogP contribution in [-0.2, 0) is 22.5 Å². The monoisotopic (exact) mass is 444 g/mol. The molecule has 32 heavy (non-hydrogen) atoms. The molecule has 2 aromatic rings. The summed E-state index contributed by atoms with van der Waals surface area (Å²) >= 11 is 0. The molecule has 0 saturated carbocycles. The number of halogens is 1. The van der Waals surface area contributed by atoms with Crippen LogP contribution in [0.4, 0.5) is 4.39 Å². The molecule has 0 atom stereocenters. The third-order valence-electron chi connectivity index (χ3n) is 4.60. The Bertz CT molecular complexity index is 872. The van der Waals surface area contributed by atoms with Crippen molar-refractivity contribution in [2.75, 3.05) is 40.0 Å². The average molecular weight is 445 g/mol. The molecular formula is C24H33FN4O3. The first kappa shape index (κ1) is 25.1. The van der Waals surface area contributed by atoms with Gasteiger partial charge in [-0.05, 0) is 43.2 Å². The number of aryl methyl sites for hydroxylation is 1. The maximum atomic E-state index is 12.9. The first-order valence-electron chi connectivity index (χ1n) is 10.8. The molecule has 0 aromatic heterocycles. The number of aliphatic imine (C=N–C) groups is 1. The second kappa shape index (κ2) is 14.0. The van der Waals surface area contributed by atoms with E-state index in [9.17, 15) is 9.18 Å². The first-order valence-corrected chi connectivity index (χ1v) is 10.8. The minimum Gasteiger partial charge on any atom is -0.491 e. The summed E-state index contributed by atoms with van der Waals surface area (Å²) in [6.45, 7) is 7.19. The number of ether oxygens (including phenoxy) is 2. The van der Waals surface area contributed by atoms with Crippen LogP contribution in [0.15, 0.2) is 47.5 Å². The molecule has 0 spiro atoms. The molecule has 0 saturated heterocycles. The van der Waals surface area contributed by atoms with Gasteiger partial charge in [-0.1, -0.05) is 24.3 Å². The summed E-state index contributed by atoms with van der Waals surface area (Å²) in [5, 5.41) is 9.27. The van der Waals surface area contributed by atoms with Crippen LogP contribution >= 0.6 is 0 Å². The van der Waals surface area contributed by atoms with Crippen LogP contribution in [0.1, 0.15) is 23.6 Å². The SMILES string of the molecule is CCOCCOc1cc(C)ccc1CNC(=NC)NCCNC(=O)Cc1ccc(F)cc1. The molecule has 3 N–H and O–H groups in total. The Morgan fingerprint density at radius 1 is 1.03 bits per heavy atom. The number of guanidine groups is 1. The first-order chi connectivity index (χ1) is 15.5. The van der Waals surface area contributed by atoms with Crippen LogP contribution in [-0.4, -0.2) is 51.8 Å². The fourth-order valence-corrected chi connectivity index (χ4v) is 2.93. The molecule has 2 rings (SSSR count). The lowest BCUT2D eigenvalue weighted by Crippen LogP contribution is -2.41. The smallest absolute Gasteiger partial charge is 0.224 e. The quantitative estimate of drug-likeness (QED) is 0.266. The second-order valence-electron chi connectivity index (χ2n) is 7.16. The van der Waals surface area contributed by atoms with Crippen molar-refractivity contribution in [3.63, 3.8) is 0 Å². The predicted octanol–water partition coefficient (Wildman–Crippen LogP) is 2.57. The van der Waals surface area contributed by atoms with Crippen molar-refractivity contribution in [2.24, 2.45) is 4.99 Å². The lowest BCUT2D eigenvalue weighted by Gasteiger charge is -2.16. The molecule has 0 aliphatic heterocycles. The van der Waals surface area contributed by atoms with Crippen molar-refractivity contribution in [1.29, 1.82) is 0 Å². The van der Waals surface area contributed by atoms with Gasteiger partial charge in [0.15, 0.2) is 5.96 Å². The molecule has 0 radical (unpaired) electrons. The van der Waals surface area contributed by atoms with Gasteiger partial charge in [-0.2, -0.15) is 0 Å². The van der Waals surface area contributed by atoms with Gasteiger partial charge in [0.25, 0.3) is 0 Å². The minimum absolute atomic E-state index is 0.116. The number of amides is 1. The van der Waals surface area contributed by atoms with Gasteiger partial charge in [-0.25, -0.2) is 4.39 Å². The Morgan fingerprint density at radius 3 is 2.50 bits per heavy atom. The molecule has 2 aromatic carbocycles. The van der Waals surface area contributed by atoms with Crippen molar-refractivity contribution >= 4 is 11.9 Å². The van der Waals surface area contributed by atoms with Crippen molar-refractivity contribution in [3.05, 3.63) is 65.0 Å². The van der Waals surface area contributed by atoms with E-state index in [0.29, 0.717) is 45.4 Å². The molecule has 0 fully saturated rings. The zero-order chi connectivity index (χ0) is 23.2. The Kier molecular flexibility index (Phi) is 11.0. The summed E-state index contributed by atoms with van der Waals surface area (Å²) in [6.07, 6.45) is 0.215. The molecule has 1 amide bonds. The number of hydrogen-bond acceptors (Lipinski definition) is 4. The van der Waals surface area contributed by atoms with Crippen LogP contribution in [0.5, 0.6) is 5.75 Å². The summed E-state index contributed by atoms with van der Waals surface area (Å²) in [6, 6.07) is 12.0. The van der Waals surface area contributed by atoms with E-state index in [2.05, 4.69) is 20.9 Å². The Balaban J connectivity index is 1.73. The maximum absolute atomic E-state index is 12.9. The highest BCUT2D eigenvalue weighted by molar-refractivity contribution is 5.80. The van der Waals surface area contributed by atoms with Gasteiger partial charge in [0.05, 0.1) is 13.0 Å². The average Bonchev–Trinajstić information content (AvgIpc) is 2.79. The van der Waals surface area contributed by atoms with Gasteiger partial charge < -0.3 is 25.4 Å². The summed E-state index contributed by atoms with van der Waals surface area (Å²) in [5.41, 5.74) is 2.91. The van der Waals surface area contributed by atoms with E-state index in [-0.39, 0.29) is 18.1 Å². The molecule has 0 unspecified atom stereocenters.